The first-order valence-electron chi connectivity index (χ1n) is 5.50. The van der Waals surface area contributed by atoms with Crippen LogP contribution in [0.3, 0.4) is 0 Å². The Bertz CT molecular complexity index is 624. The molecule has 0 saturated carbocycles. The fraction of sp³-hybridized carbons (Fsp3) is 0.273. The summed E-state index contributed by atoms with van der Waals surface area (Å²) >= 11 is 5.74. The summed E-state index contributed by atoms with van der Waals surface area (Å²) in [6.07, 6.45) is 3.37. The Morgan fingerprint density at radius 1 is 1.44 bits per heavy atom. The average Bonchev–Trinajstić information content (AvgIpc) is 2.73. The van der Waals surface area contributed by atoms with Crippen molar-refractivity contribution >= 4 is 17.5 Å². The zero-order valence-electron chi connectivity index (χ0n) is 9.59. The standard InChI is InChI=1S/C11H10ClN5O/c1-6-4-17-5-8(15-9(17)10(18)14-6)7-2-3-13-11(12)16-7/h2-3,5-6H,4H2,1H3,(H,14,18). The van der Waals surface area contributed by atoms with Crippen molar-refractivity contribution in [2.45, 2.75) is 19.5 Å². The Hall–Kier alpha value is -1.95. The lowest BCUT2D eigenvalue weighted by molar-refractivity contribution is 0.0900. The summed E-state index contributed by atoms with van der Waals surface area (Å²) in [6.45, 7) is 2.65. The molecule has 18 heavy (non-hydrogen) atoms. The molecule has 3 rings (SSSR count). The fourth-order valence-corrected chi connectivity index (χ4v) is 2.11. The van der Waals surface area contributed by atoms with Crippen LogP contribution in [0, 0.1) is 0 Å². The summed E-state index contributed by atoms with van der Waals surface area (Å²) < 4.78 is 1.83. The lowest BCUT2D eigenvalue weighted by Crippen LogP contribution is -2.42. The number of carbonyl (C=O) groups excluding carboxylic acids is 1. The van der Waals surface area contributed by atoms with E-state index in [4.69, 9.17) is 11.6 Å². The lowest BCUT2D eigenvalue weighted by Gasteiger charge is -2.20. The van der Waals surface area contributed by atoms with Gasteiger partial charge in [0.05, 0.1) is 5.69 Å². The van der Waals surface area contributed by atoms with E-state index in [0.717, 1.165) is 0 Å². The van der Waals surface area contributed by atoms with Gasteiger partial charge in [-0.1, -0.05) is 0 Å². The first kappa shape index (κ1) is 11.2. The number of hydrogen-bond acceptors (Lipinski definition) is 4. The quantitative estimate of drug-likeness (QED) is 0.783. The van der Waals surface area contributed by atoms with E-state index in [1.165, 1.54) is 0 Å². The fourth-order valence-electron chi connectivity index (χ4n) is 1.97. The van der Waals surface area contributed by atoms with E-state index in [-0.39, 0.29) is 17.2 Å². The van der Waals surface area contributed by atoms with E-state index in [2.05, 4.69) is 20.3 Å². The smallest absolute Gasteiger partial charge is 0.287 e. The molecule has 1 atom stereocenters. The van der Waals surface area contributed by atoms with Gasteiger partial charge in [-0.15, -0.1) is 0 Å². The van der Waals surface area contributed by atoms with Crippen LogP contribution < -0.4 is 5.32 Å². The summed E-state index contributed by atoms with van der Waals surface area (Å²) in [5.74, 6) is 0.234. The maximum Gasteiger partial charge on any atom is 0.287 e. The predicted octanol–water partition coefficient (Wildman–Crippen LogP) is 1.13. The average molecular weight is 264 g/mol. The number of rotatable bonds is 1. The minimum atomic E-state index is -0.167. The molecule has 1 N–H and O–H groups in total. The van der Waals surface area contributed by atoms with Gasteiger partial charge in [-0.05, 0) is 24.6 Å². The second kappa shape index (κ2) is 4.06. The van der Waals surface area contributed by atoms with Crippen molar-refractivity contribution < 1.29 is 4.79 Å². The third-order valence-electron chi connectivity index (χ3n) is 2.72. The van der Waals surface area contributed by atoms with E-state index in [9.17, 15) is 4.79 Å². The van der Waals surface area contributed by atoms with Crippen molar-refractivity contribution in [3.8, 4) is 11.4 Å². The van der Waals surface area contributed by atoms with Crippen molar-refractivity contribution in [1.82, 2.24) is 24.8 Å². The molecule has 0 radical (unpaired) electrons. The highest BCUT2D eigenvalue weighted by atomic mass is 35.5. The molecule has 2 aromatic rings. The van der Waals surface area contributed by atoms with E-state index in [1.807, 2.05) is 17.7 Å². The molecule has 1 amide bonds. The summed E-state index contributed by atoms with van der Waals surface area (Å²) in [7, 11) is 0. The van der Waals surface area contributed by atoms with Crippen molar-refractivity contribution in [3.63, 3.8) is 0 Å². The van der Waals surface area contributed by atoms with Crippen LogP contribution in [0.2, 0.25) is 5.28 Å². The molecular weight excluding hydrogens is 254 g/mol. The molecule has 3 heterocycles. The Morgan fingerprint density at radius 3 is 3.06 bits per heavy atom. The first-order valence-corrected chi connectivity index (χ1v) is 5.88. The third kappa shape index (κ3) is 1.84. The molecule has 0 spiro atoms. The number of nitrogens with zero attached hydrogens (tertiary/aromatic N) is 4. The predicted molar refractivity (Wildman–Crippen MR) is 65.2 cm³/mol. The third-order valence-corrected chi connectivity index (χ3v) is 2.90. The molecule has 0 bridgehead atoms. The van der Waals surface area contributed by atoms with Crippen LogP contribution in [0.5, 0.6) is 0 Å². The van der Waals surface area contributed by atoms with Gasteiger partial charge in [0.1, 0.15) is 5.69 Å². The van der Waals surface area contributed by atoms with Gasteiger partial charge < -0.3 is 9.88 Å². The molecule has 0 fully saturated rings. The topological polar surface area (TPSA) is 72.7 Å². The molecule has 0 aromatic carbocycles. The highest BCUT2D eigenvalue weighted by Gasteiger charge is 2.24. The van der Waals surface area contributed by atoms with Gasteiger partial charge in [0.15, 0.2) is 5.82 Å². The number of imidazole rings is 1. The lowest BCUT2D eigenvalue weighted by atomic mass is 10.2. The number of fused-ring (bicyclic) bond motifs is 1. The Balaban J connectivity index is 2.06. The number of aromatic nitrogens is 4. The maximum atomic E-state index is 11.8. The Labute approximate surface area is 108 Å². The van der Waals surface area contributed by atoms with Crippen LogP contribution in [0.1, 0.15) is 17.5 Å². The second-order valence-electron chi connectivity index (χ2n) is 4.19. The zero-order chi connectivity index (χ0) is 12.7. The summed E-state index contributed by atoms with van der Waals surface area (Å²) in [4.78, 5) is 23.9. The van der Waals surface area contributed by atoms with Crippen molar-refractivity contribution in [3.05, 3.63) is 29.6 Å². The van der Waals surface area contributed by atoms with Gasteiger partial charge in [0, 0.05) is 25.0 Å². The van der Waals surface area contributed by atoms with E-state index >= 15 is 0 Å². The van der Waals surface area contributed by atoms with Gasteiger partial charge in [-0.25, -0.2) is 15.0 Å². The van der Waals surface area contributed by atoms with Gasteiger partial charge in [0.2, 0.25) is 5.28 Å². The van der Waals surface area contributed by atoms with E-state index in [0.29, 0.717) is 23.8 Å². The van der Waals surface area contributed by atoms with Gasteiger partial charge >= 0.3 is 0 Å². The minimum Gasteiger partial charge on any atom is -0.345 e. The molecule has 6 nitrogen and oxygen atoms in total. The van der Waals surface area contributed by atoms with Gasteiger partial charge in [-0.3, -0.25) is 4.79 Å². The molecule has 1 unspecified atom stereocenters. The van der Waals surface area contributed by atoms with E-state index in [1.54, 1.807) is 12.3 Å². The molecule has 0 saturated heterocycles. The van der Waals surface area contributed by atoms with Crippen LogP contribution in [0.15, 0.2) is 18.5 Å². The van der Waals surface area contributed by atoms with Gasteiger partial charge in [-0.2, -0.15) is 0 Å². The van der Waals surface area contributed by atoms with Crippen LogP contribution in [-0.2, 0) is 6.54 Å². The Kier molecular flexibility index (Phi) is 2.52. The molecule has 92 valence electrons. The number of nitrogens with one attached hydrogen (secondary N) is 1. The molecule has 2 aromatic heterocycles. The number of amides is 1. The molecule has 0 aliphatic carbocycles. The van der Waals surface area contributed by atoms with Crippen LogP contribution in [-0.4, -0.2) is 31.5 Å². The number of halogens is 1. The number of hydrogen-bond donors (Lipinski definition) is 1. The van der Waals surface area contributed by atoms with Crippen LogP contribution in [0.25, 0.3) is 11.4 Å². The van der Waals surface area contributed by atoms with Crippen molar-refractivity contribution in [2.75, 3.05) is 0 Å². The Morgan fingerprint density at radius 2 is 2.28 bits per heavy atom. The van der Waals surface area contributed by atoms with Crippen LogP contribution in [0.4, 0.5) is 0 Å². The van der Waals surface area contributed by atoms with Crippen molar-refractivity contribution in [1.29, 1.82) is 0 Å². The first-order chi connectivity index (χ1) is 8.63. The largest absolute Gasteiger partial charge is 0.345 e. The van der Waals surface area contributed by atoms with E-state index < -0.39 is 0 Å². The summed E-state index contributed by atoms with van der Waals surface area (Å²) in [6, 6.07) is 1.81. The van der Waals surface area contributed by atoms with Crippen molar-refractivity contribution in [2.24, 2.45) is 0 Å². The summed E-state index contributed by atoms with van der Waals surface area (Å²) in [5, 5.41) is 2.99. The molecule has 1 aliphatic rings. The monoisotopic (exact) mass is 263 g/mol. The highest BCUT2D eigenvalue weighted by molar-refractivity contribution is 6.28. The SMILES string of the molecule is CC1Cn2cc(-c3ccnc(Cl)n3)nc2C(=O)N1. The number of carbonyl (C=O) groups is 1. The molecule has 7 heteroatoms. The van der Waals surface area contributed by atoms with Crippen LogP contribution >= 0.6 is 11.6 Å². The van der Waals surface area contributed by atoms with Gasteiger partial charge in [0.25, 0.3) is 5.91 Å². The second-order valence-corrected chi connectivity index (χ2v) is 4.53. The molecule has 1 aliphatic heterocycles. The molecular formula is C11H10ClN5O. The highest BCUT2D eigenvalue weighted by Crippen LogP contribution is 2.19. The zero-order valence-corrected chi connectivity index (χ0v) is 10.3. The minimum absolute atomic E-state index is 0.0982. The summed E-state index contributed by atoms with van der Waals surface area (Å²) in [5.41, 5.74) is 1.23. The maximum absolute atomic E-state index is 11.8. The normalized spacial score (nSPS) is 18.3.